The first-order chi connectivity index (χ1) is 11.1. The Morgan fingerprint density at radius 1 is 1.30 bits per heavy atom. The molecular formula is C18H28N2O2S. The number of aliphatic hydroxyl groups is 1. The Bertz CT molecular complexity index is 477. The van der Waals surface area contributed by atoms with E-state index in [1.165, 1.54) is 5.56 Å². The summed E-state index contributed by atoms with van der Waals surface area (Å²) in [5.74, 6) is 1.14. The van der Waals surface area contributed by atoms with Gasteiger partial charge in [0.15, 0.2) is 0 Å². The van der Waals surface area contributed by atoms with Crippen LogP contribution >= 0.6 is 11.8 Å². The molecule has 1 atom stereocenters. The van der Waals surface area contributed by atoms with Crippen LogP contribution < -0.4 is 5.32 Å². The smallest absolute Gasteiger partial charge is 0.224 e. The van der Waals surface area contributed by atoms with Gasteiger partial charge in [-0.2, -0.15) is 11.8 Å². The molecule has 0 radical (unpaired) electrons. The minimum Gasteiger partial charge on any atom is -0.396 e. The van der Waals surface area contributed by atoms with Gasteiger partial charge in [-0.25, -0.2) is 0 Å². The molecule has 1 unspecified atom stereocenters. The van der Waals surface area contributed by atoms with Crippen LogP contribution in [-0.2, 0) is 10.5 Å². The lowest BCUT2D eigenvalue weighted by atomic mass is 9.99. The predicted molar refractivity (Wildman–Crippen MR) is 96.5 cm³/mol. The second kappa shape index (κ2) is 9.30. The molecule has 0 spiro atoms. The number of carbonyl (C=O) groups excluding carboxylic acids is 1. The average molecular weight is 337 g/mol. The van der Waals surface area contributed by atoms with Gasteiger partial charge in [0.05, 0.1) is 0 Å². The van der Waals surface area contributed by atoms with Gasteiger partial charge in [-0.15, -0.1) is 0 Å². The van der Waals surface area contributed by atoms with Crippen molar-refractivity contribution in [3.8, 4) is 0 Å². The minimum atomic E-state index is -0.124. The molecule has 1 heterocycles. The van der Waals surface area contributed by atoms with Gasteiger partial charge >= 0.3 is 0 Å². The quantitative estimate of drug-likeness (QED) is 0.765. The summed E-state index contributed by atoms with van der Waals surface area (Å²) in [5.41, 5.74) is 1.28. The lowest BCUT2D eigenvalue weighted by molar-refractivity contribution is -0.132. The number of rotatable bonds is 8. The number of hydrogen-bond acceptors (Lipinski definition) is 4. The van der Waals surface area contributed by atoms with Crippen LogP contribution in [0.5, 0.6) is 0 Å². The van der Waals surface area contributed by atoms with Crippen LogP contribution in [0.4, 0.5) is 0 Å². The zero-order valence-electron chi connectivity index (χ0n) is 14.0. The summed E-state index contributed by atoms with van der Waals surface area (Å²) in [7, 11) is 0. The number of nitrogens with zero attached hydrogens (tertiary/aromatic N) is 1. The lowest BCUT2D eigenvalue weighted by Gasteiger charge is -2.33. The van der Waals surface area contributed by atoms with Crippen molar-refractivity contribution in [2.24, 2.45) is 0 Å². The molecule has 1 saturated heterocycles. The highest BCUT2D eigenvalue weighted by Crippen LogP contribution is 2.36. The zero-order chi connectivity index (χ0) is 16.5. The van der Waals surface area contributed by atoms with E-state index >= 15 is 0 Å². The maximum absolute atomic E-state index is 12.6. The summed E-state index contributed by atoms with van der Waals surface area (Å²) in [6.45, 7) is 5.72. The van der Waals surface area contributed by atoms with E-state index in [1.807, 2.05) is 34.9 Å². The molecule has 1 aromatic rings. The van der Waals surface area contributed by atoms with Crippen molar-refractivity contribution >= 4 is 17.7 Å². The molecule has 23 heavy (non-hydrogen) atoms. The highest BCUT2D eigenvalue weighted by Gasteiger charge is 2.30. The normalized spacial score (nSPS) is 17.7. The average Bonchev–Trinajstić information content (AvgIpc) is 2.60. The molecule has 128 valence electrons. The van der Waals surface area contributed by atoms with Gasteiger partial charge in [0.1, 0.15) is 0 Å². The molecule has 0 bridgehead atoms. The van der Waals surface area contributed by atoms with Gasteiger partial charge in [0, 0.05) is 49.7 Å². The summed E-state index contributed by atoms with van der Waals surface area (Å²) in [5, 5.41) is 12.5. The van der Waals surface area contributed by atoms with E-state index in [2.05, 4.69) is 24.4 Å². The molecule has 0 aliphatic carbocycles. The van der Waals surface area contributed by atoms with Crippen molar-refractivity contribution in [3.05, 3.63) is 35.9 Å². The first-order valence-electron chi connectivity index (χ1n) is 8.40. The van der Waals surface area contributed by atoms with E-state index in [4.69, 9.17) is 0 Å². The van der Waals surface area contributed by atoms with Crippen LogP contribution in [0.25, 0.3) is 0 Å². The standard InChI is InChI=1S/C18H28N2O2S/c1-18(8-5-13-21,23-15-16-6-3-2-4-7-16)14-17(22)20-11-9-19-10-12-20/h2-4,6-7,19,21H,5,8-15H2,1H3. The summed E-state index contributed by atoms with van der Waals surface area (Å²) < 4.78 is -0.124. The molecule has 1 fully saturated rings. The molecule has 2 N–H and O–H groups in total. The van der Waals surface area contributed by atoms with Gasteiger partial charge in [-0.3, -0.25) is 4.79 Å². The third-order valence-electron chi connectivity index (χ3n) is 4.29. The SMILES string of the molecule is CC(CCCO)(CC(=O)N1CCNCC1)SCc1ccccc1. The monoisotopic (exact) mass is 336 g/mol. The Labute approximate surface area is 143 Å². The molecule has 4 nitrogen and oxygen atoms in total. The van der Waals surface area contributed by atoms with E-state index in [1.54, 1.807) is 0 Å². The predicted octanol–water partition coefficient (Wildman–Crippen LogP) is 2.27. The van der Waals surface area contributed by atoms with E-state index in [0.29, 0.717) is 6.42 Å². The Kier molecular flexibility index (Phi) is 7.40. The molecule has 2 rings (SSSR count). The van der Waals surface area contributed by atoms with Crippen LogP contribution in [-0.4, -0.2) is 53.4 Å². The third-order valence-corrected chi connectivity index (χ3v) is 5.81. The first kappa shape index (κ1) is 18.3. The number of hydrogen-bond donors (Lipinski definition) is 2. The topological polar surface area (TPSA) is 52.6 Å². The maximum Gasteiger partial charge on any atom is 0.224 e. The number of nitrogens with one attached hydrogen (secondary N) is 1. The highest BCUT2D eigenvalue weighted by atomic mass is 32.2. The fourth-order valence-electron chi connectivity index (χ4n) is 2.84. The molecule has 1 aliphatic rings. The fraction of sp³-hybridized carbons (Fsp3) is 0.611. The van der Waals surface area contributed by atoms with Gasteiger partial charge < -0.3 is 15.3 Å². The fourth-order valence-corrected chi connectivity index (χ4v) is 4.06. The molecule has 1 aromatic carbocycles. The summed E-state index contributed by atoms with van der Waals surface area (Å²) in [6, 6.07) is 10.4. The molecule has 1 aliphatic heterocycles. The van der Waals surface area contributed by atoms with E-state index in [9.17, 15) is 9.90 Å². The van der Waals surface area contributed by atoms with Gasteiger partial charge in [0.25, 0.3) is 0 Å². The van der Waals surface area contributed by atoms with Crippen molar-refractivity contribution in [2.45, 2.75) is 36.7 Å². The van der Waals surface area contributed by atoms with Crippen LogP contribution in [0.2, 0.25) is 0 Å². The molecular weight excluding hydrogens is 308 g/mol. The summed E-state index contributed by atoms with van der Waals surface area (Å²) >= 11 is 1.83. The van der Waals surface area contributed by atoms with Crippen molar-refractivity contribution in [1.82, 2.24) is 10.2 Å². The van der Waals surface area contributed by atoms with Crippen LogP contribution in [0, 0.1) is 0 Å². The van der Waals surface area contributed by atoms with E-state index in [-0.39, 0.29) is 17.3 Å². The Hall–Kier alpha value is -1.04. The summed E-state index contributed by atoms with van der Waals surface area (Å²) in [6.07, 6.45) is 2.15. The second-order valence-electron chi connectivity index (χ2n) is 6.36. The molecule has 0 saturated carbocycles. The largest absolute Gasteiger partial charge is 0.396 e. The van der Waals surface area contributed by atoms with Gasteiger partial charge in [-0.1, -0.05) is 30.3 Å². The van der Waals surface area contributed by atoms with Gasteiger partial charge in [0.2, 0.25) is 5.91 Å². The third kappa shape index (κ3) is 6.16. The van der Waals surface area contributed by atoms with E-state index in [0.717, 1.165) is 44.8 Å². The van der Waals surface area contributed by atoms with Crippen LogP contribution in [0.15, 0.2) is 30.3 Å². The van der Waals surface area contributed by atoms with E-state index < -0.39 is 0 Å². The number of thioether (sulfide) groups is 1. The summed E-state index contributed by atoms with van der Waals surface area (Å²) in [4.78, 5) is 14.6. The number of benzene rings is 1. The second-order valence-corrected chi connectivity index (χ2v) is 7.92. The molecule has 1 amide bonds. The first-order valence-corrected chi connectivity index (χ1v) is 9.39. The van der Waals surface area contributed by atoms with Crippen molar-refractivity contribution in [2.75, 3.05) is 32.8 Å². The molecule has 0 aromatic heterocycles. The Morgan fingerprint density at radius 3 is 2.65 bits per heavy atom. The van der Waals surface area contributed by atoms with Crippen LogP contribution in [0.3, 0.4) is 0 Å². The Morgan fingerprint density at radius 2 is 2.00 bits per heavy atom. The van der Waals surface area contributed by atoms with Crippen molar-refractivity contribution in [3.63, 3.8) is 0 Å². The van der Waals surface area contributed by atoms with Gasteiger partial charge in [-0.05, 0) is 25.3 Å². The van der Waals surface area contributed by atoms with Crippen LogP contribution in [0.1, 0.15) is 31.7 Å². The molecule has 5 heteroatoms. The number of piperazine rings is 1. The minimum absolute atomic E-state index is 0.124. The highest BCUT2D eigenvalue weighted by molar-refractivity contribution is 7.99. The number of aliphatic hydroxyl groups excluding tert-OH is 1. The van der Waals surface area contributed by atoms with Crippen molar-refractivity contribution < 1.29 is 9.90 Å². The Balaban J connectivity index is 1.94. The lowest BCUT2D eigenvalue weighted by Crippen LogP contribution is -2.48. The number of carbonyl (C=O) groups is 1. The van der Waals surface area contributed by atoms with Crippen molar-refractivity contribution in [1.29, 1.82) is 0 Å². The number of amides is 1. The zero-order valence-corrected chi connectivity index (χ0v) is 14.8. The maximum atomic E-state index is 12.6.